The molecule has 3 rings (SSSR count). The summed E-state index contributed by atoms with van der Waals surface area (Å²) in [5.41, 5.74) is 3.51. The van der Waals surface area contributed by atoms with E-state index in [1.807, 2.05) is 12.1 Å². The minimum Gasteiger partial charge on any atom is -0.507 e. The van der Waals surface area contributed by atoms with Crippen LogP contribution in [0.2, 0.25) is 0 Å². The van der Waals surface area contributed by atoms with E-state index in [2.05, 4.69) is 38.3 Å². The molecule has 6 heteroatoms. The number of aromatic hydroxyl groups is 2. The molecule has 0 saturated heterocycles. The number of amides is 2. The van der Waals surface area contributed by atoms with E-state index in [-0.39, 0.29) is 22.6 Å². The molecule has 0 aliphatic heterocycles. The van der Waals surface area contributed by atoms with E-state index in [1.54, 1.807) is 48.5 Å². The highest BCUT2D eigenvalue weighted by Gasteiger charge is 2.15. The summed E-state index contributed by atoms with van der Waals surface area (Å²) in [5.74, 6) is 0.151. The lowest BCUT2D eigenvalue weighted by Crippen LogP contribution is -2.14. The highest BCUT2D eigenvalue weighted by molar-refractivity contribution is 6.07. The van der Waals surface area contributed by atoms with Crippen LogP contribution in [0, 0.1) is 11.8 Å². The van der Waals surface area contributed by atoms with Crippen LogP contribution in [0.3, 0.4) is 0 Å². The van der Waals surface area contributed by atoms with Crippen molar-refractivity contribution in [3.63, 3.8) is 0 Å². The third-order valence-electron chi connectivity index (χ3n) is 6.03. The molecule has 0 aliphatic carbocycles. The number of phenols is 2. The van der Waals surface area contributed by atoms with E-state index in [0.29, 0.717) is 23.2 Å². The molecule has 0 aromatic heterocycles. The number of phenolic OH excluding ortho intramolecular Hbond substituents is 2. The number of rotatable bonds is 10. The lowest BCUT2D eigenvalue weighted by atomic mass is 10.0. The van der Waals surface area contributed by atoms with Crippen molar-refractivity contribution in [1.29, 1.82) is 0 Å². The molecule has 0 heterocycles. The highest BCUT2D eigenvalue weighted by Crippen LogP contribution is 2.24. The first-order valence-electron chi connectivity index (χ1n) is 12.5. The van der Waals surface area contributed by atoms with Gasteiger partial charge in [-0.3, -0.25) is 9.59 Å². The second-order valence-electron chi connectivity index (χ2n) is 10.1. The Balaban J connectivity index is 1.65. The van der Waals surface area contributed by atoms with Crippen molar-refractivity contribution in [2.45, 2.75) is 53.4 Å². The minimum absolute atomic E-state index is 0.0693. The van der Waals surface area contributed by atoms with Gasteiger partial charge >= 0.3 is 0 Å². The first kappa shape index (κ1) is 26.8. The standard InChI is InChI=1S/C30H36N2O4/c1-19(2)5-7-21-9-15-27(33)25(17-21)29(35)31-23-11-13-24(14-12-23)32-30(36)26-18-22(8-6-20(3)4)10-16-28(26)34/h9-20,33-34H,5-8H2,1-4H3,(H,31,35)(H,32,36). The van der Waals surface area contributed by atoms with Crippen LogP contribution < -0.4 is 10.6 Å². The van der Waals surface area contributed by atoms with Crippen LogP contribution in [0.1, 0.15) is 72.4 Å². The van der Waals surface area contributed by atoms with Gasteiger partial charge in [-0.25, -0.2) is 0 Å². The number of benzene rings is 3. The topological polar surface area (TPSA) is 98.7 Å². The molecule has 190 valence electrons. The number of carbonyl (C=O) groups excluding carboxylic acids is 2. The normalized spacial score (nSPS) is 11.1. The molecule has 4 N–H and O–H groups in total. The summed E-state index contributed by atoms with van der Waals surface area (Å²) >= 11 is 0. The van der Waals surface area contributed by atoms with Gasteiger partial charge < -0.3 is 20.8 Å². The van der Waals surface area contributed by atoms with Gasteiger partial charge in [0.2, 0.25) is 0 Å². The predicted molar refractivity (Wildman–Crippen MR) is 145 cm³/mol. The van der Waals surface area contributed by atoms with Gasteiger partial charge in [0.1, 0.15) is 11.5 Å². The van der Waals surface area contributed by atoms with E-state index >= 15 is 0 Å². The van der Waals surface area contributed by atoms with Crippen molar-refractivity contribution in [1.82, 2.24) is 0 Å². The molecule has 2 amide bonds. The average Bonchev–Trinajstić information content (AvgIpc) is 2.84. The summed E-state index contributed by atoms with van der Waals surface area (Å²) in [6, 6.07) is 16.9. The molecule has 0 unspecified atom stereocenters. The first-order chi connectivity index (χ1) is 17.1. The van der Waals surface area contributed by atoms with E-state index in [1.165, 1.54) is 0 Å². The van der Waals surface area contributed by atoms with Crippen molar-refractivity contribution in [2.75, 3.05) is 10.6 Å². The Bertz CT molecular complexity index is 1110. The third kappa shape index (κ3) is 7.60. The summed E-state index contributed by atoms with van der Waals surface area (Å²) in [6.07, 6.45) is 3.67. The van der Waals surface area contributed by atoms with E-state index in [0.717, 1.165) is 36.8 Å². The fourth-order valence-corrected chi connectivity index (χ4v) is 3.79. The van der Waals surface area contributed by atoms with Crippen molar-refractivity contribution >= 4 is 23.2 Å². The molecule has 0 bridgehead atoms. The van der Waals surface area contributed by atoms with Crippen LogP contribution in [0.5, 0.6) is 11.5 Å². The molecule has 0 saturated carbocycles. The second-order valence-corrected chi connectivity index (χ2v) is 10.1. The molecular formula is C30H36N2O4. The Kier molecular flexibility index (Phi) is 9.12. The van der Waals surface area contributed by atoms with Crippen LogP contribution in [0.4, 0.5) is 11.4 Å². The van der Waals surface area contributed by atoms with Gasteiger partial charge in [-0.2, -0.15) is 0 Å². The molecule has 0 aliphatic rings. The Morgan fingerprint density at radius 1 is 0.639 bits per heavy atom. The molecule has 0 atom stereocenters. The van der Waals surface area contributed by atoms with Crippen molar-refractivity contribution in [3.05, 3.63) is 82.9 Å². The Morgan fingerprint density at radius 3 is 1.33 bits per heavy atom. The minimum atomic E-state index is -0.404. The van der Waals surface area contributed by atoms with Gasteiger partial charge in [-0.15, -0.1) is 0 Å². The lowest BCUT2D eigenvalue weighted by molar-refractivity contribution is 0.101. The SMILES string of the molecule is CC(C)CCc1ccc(O)c(C(=O)Nc2ccc(NC(=O)c3cc(CCC(C)C)ccc3O)cc2)c1. The smallest absolute Gasteiger partial charge is 0.259 e. The molecule has 6 nitrogen and oxygen atoms in total. The Hall–Kier alpha value is -3.80. The summed E-state index contributed by atoms with van der Waals surface area (Å²) in [6.45, 7) is 8.59. The van der Waals surface area contributed by atoms with Crippen LogP contribution in [0.15, 0.2) is 60.7 Å². The maximum absolute atomic E-state index is 12.8. The predicted octanol–water partition coefficient (Wildman–Crippen LogP) is 6.78. The zero-order valence-corrected chi connectivity index (χ0v) is 21.5. The number of anilines is 2. The van der Waals surface area contributed by atoms with Crippen LogP contribution >= 0.6 is 0 Å². The third-order valence-corrected chi connectivity index (χ3v) is 6.03. The van der Waals surface area contributed by atoms with Gasteiger partial charge in [0.05, 0.1) is 11.1 Å². The maximum Gasteiger partial charge on any atom is 0.259 e. The number of hydrogen-bond acceptors (Lipinski definition) is 4. The van der Waals surface area contributed by atoms with E-state index in [9.17, 15) is 19.8 Å². The molecule has 3 aromatic carbocycles. The van der Waals surface area contributed by atoms with Gasteiger partial charge in [-0.05, 0) is 97.2 Å². The van der Waals surface area contributed by atoms with Crippen molar-refractivity contribution < 1.29 is 19.8 Å². The zero-order chi connectivity index (χ0) is 26.2. The monoisotopic (exact) mass is 488 g/mol. The molecule has 36 heavy (non-hydrogen) atoms. The van der Waals surface area contributed by atoms with Crippen molar-refractivity contribution in [3.8, 4) is 11.5 Å². The van der Waals surface area contributed by atoms with Gasteiger partial charge in [0.15, 0.2) is 0 Å². The molecule has 0 radical (unpaired) electrons. The fourth-order valence-electron chi connectivity index (χ4n) is 3.79. The van der Waals surface area contributed by atoms with Crippen LogP contribution in [0.25, 0.3) is 0 Å². The summed E-state index contributed by atoms with van der Waals surface area (Å²) in [7, 11) is 0. The summed E-state index contributed by atoms with van der Waals surface area (Å²) < 4.78 is 0. The zero-order valence-electron chi connectivity index (χ0n) is 21.5. The largest absolute Gasteiger partial charge is 0.507 e. The molecule has 0 spiro atoms. The molecule has 3 aromatic rings. The molecular weight excluding hydrogens is 452 g/mol. The maximum atomic E-state index is 12.8. The quantitative estimate of drug-likeness (QED) is 0.253. The number of nitrogens with one attached hydrogen (secondary N) is 2. The Labute approximate surface area is 213 Å². The molecule has 0 fully saturated rings. The highest BCUT2D eigenvalue weighted by atomic mass is 16.3. The summed E-state index contributed by atoms with van der Waals surface area (Å²) in [5, 5.41) is 26.0. The van der Waals surface area contributed by atoms with Crippen LogP contribution in [-0.2, 0) is 12.8 Å². The summed E-state index contributed by atoms with van der Waals surface area (Å²) in [4.78, 5) is 25.5. The van der Waals surface area contributed by atoms with Gasteiger partial charge in [0, 0.05) is 11.4 Å². The Morgan fingerprint density at radius 2 is 1.00 bits per heavy atom. The fraction of sp³-hybridized carbons (Fsp3) is 0.333. The van der Waals surface area contributed by atoms with Gasteiger partial charge in [0.25, 0.3) is 11.8 Å². The second kappa shape index (κ2) is 12.2. The van der Waals surface area contributed by atoms with Crippen LogP contribution in [-0.4, -0.2) is 22.0 Å². The van der Waals surface area contributed by atoms with Gasteiger partial charge in [-0.1, -0.05) is 39.8 Å². The first-order valence-corrected chi connectivity index (χ1v) is 12.5. The number of aryl methyl sites for hydroxylation is 2. The van der Waals surface area contributed by atoms with E-state index < -0.39 is 11.8 Å². The lowest BCUT2D eigenvalue weighted by Gasteiger charge is -2.12. The van der Waals surface area contributed by atoms with E-state index in [4.69, 9.17) is 0 Å². The number of carbonyl (C=O) groups is 2. The number of hydrogen-bond donors (Lipinski definition) is 4. The average molecular weight is 489 g/mol. The van der Waals surface area contributed by atoms with Crippen molar-refractivity contribution in [2.24, 2.45) is 11.8 Å².